The molecule has 1 saturated carbocycles. The summed E-state index contributed by atoms with van der Waals surface area (Å²) in [5.74, 6) is 0.940. The van der Waals surface area contributed by atoms with Gasteiger partial charge >= 0.3 is 0 Å². The van der Waals surface area contributed by atoms with Crippen molar-refractivity contribution in [3.63, 3.8) is 0 Å². The molecule has 102 valence electrons. The zero-order valence-corrected chi connectivity index (χ0v) is 13.7. The number of halogens is 1. The van der Waals surface area contributed by atoms with Crippen LogP contribution in [0.3, 0.4) is 0 Å². The normalized spacial score (nSPS) is 30.4. The van der Waals surface area contributed by atoms with Gasteiger partial charge in [-0.3, -0.25) is 0 Å². The minimum Gasteiger partial charge on any atom is -0.0891 e. The highest BCUT2D eigenvalue weighted by Crippen LogP contribution is 2.35. The minimum atomic E-state index is 0.512. The van der Waals surface area contributed by atoms with Gasteiger partial charge in [0.15, 0.2) is 0 Å². The van der Waals surface area contributed by atoms with Gasteiger partial charge in [-0.2, -0.15) is 0 Å². The lowest BCUT2D eigenvalue weighted by molar-refractivity contribution is 0.200. The van der Waals surface area contributed by atoms with Crippen molar-refractivity contribution in [2.75, 3.05) is 0 Å². The molecule has 0 aromatic carbocycles. The van der Waals surface area contributed by atoms with E-state index in [9.17, 15) is 0 Å². The Bertz CT molecular complexity index is 192. The molecule has 0 aromatic rings. The van der Waals surface area contributed by atoms with Crippen molar-refractivity contribution >= 4 is 15.9 Å². The van der Waals surface area contributed by atoms with Gasteiger partial charge < -0.3 is 0 Å². The molecule has 1 fully saturated rings. The Morgan fingerprint density at radius 2 is 1.12 bits per heavy atom. The molecule has 0 N–H and O–H groups in total. The average molecular weight is 303 g/mol. The third-order valence-electron chi connectivity index (χ3n) is 4.36. The third kappa shape index (κ3) is 6.84. The van der Waals surface area contributed by atoms with E-state index in [0.717, 1.165) is 10.7 Å². The van der Waals surface area contributed by atoms with E-state index in [1.165, 1.54) is 64.2 Å². The Kier molecular flexibility index (Phi) is 7.14. The van der Waals surface area contributed by atoms with Gasteiger partial charge in [0, 0.05) is 4.83 Å². The number of hydrogen-bond donors (Lipinski definition) is 0. The van der Waals surface area contributed by atoms with Crippen LogP contribution < -0.4 is 0 Å². The van der Waals surface area contributed by atoms with Crippen molar-refractivity contribution in [1.29, 1.82) is 0 Å². The summed E-state index contributed by atoms with van der Waals surface area (Å²) in [4.78, 5) is 0.787. The van der Waals surface area contributed by atoms with Gasteiger partial charge in [0.25, 0.3) is 0 Å². The lowest BCUT2D eigenvalue weighted by atomic mass is 9.75. The number of hydrogen-bond acceptors (Lipinski definition) is 0. The molecule has 0 nitrogen and oxygen atoms in total. The van der Waals surface area contributed by atoms with Crippen LogP contribution in [0, 0.1) is 11.3 Å². The topological polar surface area (TPSA) is 0 Å². The first-order valence-corrected chi connectivity index (χ1v) is 8.56. The molecule has 0 spiro atoms. The quantitative estimate of drug-likeness (QED) is 0.459. The van der Waals surface area contributed by atoms with Gasteiger partial charge in [-0.05, 0) is 37.0 Å². The summed E-state index contributed by atoms with van der Waals surface area (Å²) in [7, 11) is 0. The molecule has 0 bridgehead atoms. The van der Waals surface area contributed by atoms with Crippen molar-refractivity contribution in [1.82, 2.24) is 0 Å². The molecule has 0 amide bonds. The first kappa shape index (κ1) is 15.5. The van der Waals surface area contributed by atoms with E-state index < -0.39 is 0 Å². The Balaban J connectivity index is 2.42. The molecule has 17 heavy (non-hydrogen) atoms. The van der Waals surface area contributed by atoms with Gasteiger partial charge in [-0.1, -0.05) is 75.2 Å². The molecule has 0 aliphatic heterocycles. The highest BCUT2D eigenvalue weighted by molar-refractivity contribution is 9.09. The maximum absolute atomic E-state index is 3.83. The second kappa shape index (κ2) is 7.81. The maximum atomic E-state index is 3.83. The summed E-state index contributed by atoms with van der Waals surface area (Å²) < 4.78 is 0. The van der Waals surface area contributed by atoms with E-state index in [4.69, 9.17) is 0 Å². The van der Waals surface area contributed by atoms with Crippen molar-refractivity contribution in [3.05, 3.63) is 0 Å². The Hall–Kier alpha value is 0.480. The Labute approximate surface area is 117 Å². The van der Waals surface area contributed by atoms with Crippen molar-refractivity contribution < 1.29 is 0 Å². The van der Waals surface area contributed by atoms with E-state index in [2.05, 4.69) is 36.7 Å². The van der Waals surface area contributed by atoms with Gasteiger partial charge in [0.05, 0.1) is 0 Å². The predicted molar refractivity (Wildman–Crippen MR) is 81.8 cm³/mol. The standard InChI is InChI=1S/C16H31Br/c1-16(2,3)14-10-6-4-5-7-12-15(17)13-9-8-11-14/h14-15H,4-13H2,1-3H3. The molecule has 1 aliphatic rings. The van der Waals surface area contributed by atoms with Gasteiger partial charge in [0.1, 0.15) is 0 Å². The van der Waals surface area contributed by atoms with Gasteiger partial charge in [-0.25, -0.2) is 0 Å². The molecular formula is C16H31Br. The molecule has 2 atom stereocenters. The van der Waals surface area contributed by atoms with Crippen LogP contribution in [0.1, 0.15) is 85.0 Å². The summed E-state index contributed by atoms with van der Waals surface area (Å²) in [6.45, 7) is 7.28. The van der Waals surface area contributed by atoms with Crippen molar-refractivity contribution in [2.24, 2.45) is 11.3 Å². The second-order valence-electron chi connectivity index (χ2n) is 6.94. The monoisotopic (exact) mass is 302 g/mol. The van der Waals surface area contributed by atoms with E-state index in [1.807, 2.05) is 0 Å². The van der Waals surface area contributed by atoms with Gasteiger partial charge in [-0.15, -0.1) is 0 Å². The highest BCUT2D eigenvalue weighted by Gasteiger charge is 2.23. The summed E-state index contributed by atoms with van der Waals surface area (Å²) in [6, 6.07) is 0. The van der Waals surface area contributed by atoms with Crippen LogP contribution in [0.25, 0.3) is 0 Å². The second-order valence-corrected chi connectivity index (χ2v) is 8.23. The van der Waals surface area contributed by atoms with Crippen LogP contribution >= 0.6 is 15.9 Å². The molecule has 0 radical (unpaired) electrons. The lowest BCUT2D eigenvalue weighted by Gasteiger charge is -2.31. The first-order valence-electron chi connectivity index (χ1n) is 7.64. The molecule has 1 rings (SSSR count). The fourth-order valence-electron chi connectivity index (χ4n) is 3.02. The SMILES string of the molecule is CC(C)(C)C1CCCCCCC(Br)CCCC1. The predicted octanol–water partition coefficient (Wildman–Crippen LogP) is 6.33. The lowest BCUT2D eigenvalue weighted by Crippen LogP contribution is -2.20. The van der Waals surface area contributed by atoms with E-state index in [-0.39, 0.29) is 0 Å². The molecule has 1 aliphatic carbocycles. The van der Waals surface area contributed by atoms with E-state index in [0.29, 0.717) is 5.41 Å². The van der Waals surface area contributed by atoms with Gasteiger partial charge in [0.2, 0.25) is 0 Å². The Morgan fingerprint density at radius 1 is 0.706 bits per heavy atom. The summed E-state index contributed by atoms with van der Waals surface area (Å²) in [5.41, 5.74) is 0.512. The van der Waals surface area contributed by atoms with Crippen molar-refractivity contribution in [2.45, 2.75) is 89.8 Å². The molecule has 0 saturated heterocycles. The zero-order valence-electron chi connectivity index (χ0n) is 12.1. The van der Waals surface area contributed by atoms with Crippen LogP contribution in [0.5, 0.6) is 0 Å². The summed E-state index contributed by atoms with van der Waals surface area (Å²) in [6.07, 6.45) is 14.3. The van der Waals surface area contributed by atoms with E-state index in [1.54, 1.807) is 0 Å². The highest BCUT2D eigenvalue weighted by atomic mass is 79.9. The largest absolute Gasteiger partial charge is 0.0891 e. The number of alkyl halides is 1. The first-order chi connectivity index (χ1) is 8.00. The molecule has 0 aromatic heterocycles. The fourth-order valence-corrected chi connectivity index (χ4v) is 3.67. The summed E-state index contributed by atoms with van der Waals surface area (Å²) in [5, 5.41) is 0. The maximum Gasteiger partial charge on any atom is 0.0145 e. The van der Waals surface area contributed by atoms with Crippen LogP contribution in [-0.4, -0.2) is 4.83 Å². The molecule has 0 heterocycles. The van der Waals surface area contributed by atoms with Crippen LogP contribution in [-0.2, 0) is 0 Å². The molecule has 1 heteroatoms. The zero-order chi connectivity index (χ0) is 12.7. The van der Waals surface area contributed by atoms with Crippen LogP contribution in [0.4, 0.5) is 0 Å². The summed E-state index contributed by atoms with van der Waals surface area (Å²) >= 11 is 3.83. The van der Waals surface area contributed by atoms with E-state index >= 15 is 0 Å². The number of rotatable bonds is 0. The fraction of sp³-hybridized carbons (Fsp3) is 1.00. The molecule has 2 unspecified atom stereocenters. The molecular weight excluding hydrogens is 272 g/mol. The average Bonchev–Trinajstić information content (AvgIpc) is 2.21. The van der Waals surface area contributed by atoms with Crippen LogP contribution in [0.15, 0.2) is 0 Å². The van der Waals surface area contributed by atoms with Crippen LogP contribution in [0.2, 0.25) is 0 Å². The third-order valence-corrected chi connectivity index (χ3v) is 5.28. The van der Waals surface area contributed by atoms with Crippen molar-refractivity contribution in [3.8, 4) is 0 Å². The minimum absolute atomic E-state index is 0.512. The smallest absolute Gasteiger partial charge is 0.0145 e. The Morgan fingerprint density at radius 3 is 1.65 bits per heavy atom.